The van der Waals surface area contributed by atoms with Crippen LogP contribution in [0.25, 0.3) is 0 Å². The molecule has 1 spiro atoms. The molecule has 0 amide bonds. The van der Waals surface area contributed by atoms with Gasteiger partial charge in [-0.1, -0.05) is 18.2 Å². The van der Waals surface area contributed by atoms with Crippen molar-refractivity contribution >= 4 is 5.97 Å². The number of carbonyl (C=O) groups excluding carboxylic acids is 1. The molecule has 3 fully saturated rings. The first-order chi connectivity index (χ1) is 9.32. The first-order valence-electron chi connectivity index (χ1n) is 6.96. The van der Waals surface area contributed by atoms with Crippen molar-refractivity contribution in [3.63, 3.8) is 0 Å². The van der Waals surface area contributed by atoms with E-state index in [1.807, 2.05) is 13.8 Å². The van der Waals surface area contributed by atoms with Crippen LogP contribution in [0.5, 0.6) is 0 Å². The summed E-state index contributed by atoms with van der Waals surface area (Å²) in [4.78, 5) is 11.8. The Morgan fingerprint density at radius 2 is 2.15 bits per heavy atom. The maximum Gasteiger partial charge on any atom is 0.334 e. The summed E-state index contributed by atoms with van der Waals surface area (Å²) in [5.74, 6) is -1.08. The van der Waals surface area contributed by atoms with Gasteiger partial charge in [-0.3, -0.25) is 0 Å². The molecule has 0 aromatic rings. The van der Waals surface area contributed by atoms with E-state index in [1.165, 1.54) is 0 Å². The quantitative estimate of drug-likeness (QED) is 0.289. The van der Waals surface area contributed by atoms with Gasteiger partial charge in [-0.2, -0.15) is 0 Å². The Hall–Kier alpha value is -1.17. The minimum absolute atomic E-state index is 0.215. The minimum Gasteiger partial charge on any atom is -0.457 e. The maximum atomic E-state index is 11.8. The van der Waals surface area contributed by atoms with Crippen molar-refractivity contribution in [2.24, 2.45) is 11.8 Å². The number of hydrogen-bond donors (Lipinski definition) is 2. The molecular formula is C15H18O5. The van der Waals surface area contributed by atoms with Crippen LogP contribution >= 0.6 is 0 Å². The van der Waals surface area contributed by atoms with E-state index in [9.17, 15) is 15.0 Å². The molecule has 0 bridgehead atoms. The van der Waals surface area contributed by atoms with Gasteiger partial charge in [0, 0.05) is 12.0 Å². The lowest BCUT2D eigenvalue weighted by Gasteiger charge is -2.28. The van der Waals surface area contributed by atoms with Gasteiger partial charge in [-0.15, -0.1) is 0 Å². The molecular weight excluding hydrogens is 260 g/mol. The zero-order chi connectivity index (χ0) is 14.4. The van der Waals surface area contributed by atoms with E-state index in [0.29, 0.717) is 12.0 Å². The van der Waals surface area contributed by atoms with Gasteiger partial charge in [0.05, 0.1) is 17.9 Å². The number of carbonyl (C=O) groups is 1. The molecule has 1 saturated carbocycles. The first kappa shape index (κ1) is 12.6. The van der Waals surface area contributed by atoms with Crippen LogP contribution < -0.4 is 0 Å². The van der Waals surface area contributed by atoms with Gasteiger partial charge in [0.2, 0.25) is 0 Å². The van der Waals surface area contributed by atoms with E-state index in [-0.39, 0.29) is 5.92 Å². The molecule has 0 aromatic heterocycles. The second-order valence-corrected chi connectivity index (χ2v) is 6.65. The van der Waals surface area contributed by atoms with E-state index in [2.05, 4.69) is 6.58 Å². The van der Waals surface area contributed by atoms with Crippen molar-refractivity contribution < 1.29 is 24.5 Å². The molecule has 4 rings (SSSR count). The minimum atomic E-state index is -0.762. The highest BCUT2D eigenvalue weighted by Crippen LogP contribution is 2.67. The van der Waals surface area contributed by atoms with E-state index < -0.39 is 41.4 Å². The van der Waals surface area contributed by atoms with Crippen molar-refractivity contribution in [2.45, 2.75) is 49.8 Å². The molecule has 2 heterocycles. The van der Waals surface area contributed by atoms with Gasteiger partial charge in [-0.05, 0) is 13.8 Å². The number of aliphatic hydroxyl groups is 2. The molecule has 2 aliphatic heterocycles. The Balaban J connectivity index is 1.86. The van der Waals surface area contributed by atoms with Gasteiger partial charge >= 0.3 is 5.97 Å². The molecule has 7 atom stereocenters. The Labute approximate surface area is 116 Å². The molecule has 4 aliphatic rings. The van der Waals surface area contributed by atoms with Gasteiger partial charge in [-0.25, -0.2) is 4.79 Å². The Morgan fingerprint density at radius 1 is 1.45 bits per heavy atom. The summed E-state index contributed by atoms with van der Waals surface area (Å²) >= 11 is 0. The van der Waals surface area contributed by atoms with Crippen molar-refractivity contribution in [3.05, 3.63) is 23.8 Å². The van der Waals surface area contributed by atoms with Crippen LogP contribution in [0.15, 0.2) is 23.8 Å². The van der Waals surface area contributed by atoms with Crippen molar-refractivity contribution in [3.8, 4) is 0 Å². The fourth-order valence-corrected chi connectivity index (χ4v) is 4.68. The molecule has 5 nitrogen and oxygen atoms in total. The molecule has 0 aromatic carbocycles. The van der Waals surface area contributed by atoms with Crippen LogP contribution in [0, 0.1) is 11.8 Å². The summed E-state index contributed by atoms with van der Waals surface area (Å²) in [6, 6.07) is 0. The number of esters is 1. The van der Waals surface area contributed by atoms with Gasteiger partial charge < -0.3 is 19.7 Å². The Morgan fingerprint density at radius 3 is 2.85 bits per heavy atom. The number of aliphatic hydroxyl groups excluding tert-OH is 2. The van der Waals surface area contributed by atoms with E-state index in [4.69, 9.17) is 9.47 Å². The summed E-state index contributed by atoms with van der Waals surface area (Å²) in [5, 5.41) is 20.8. The highest BCUT2D eigenvalue weighted by atomic mass is 16.6. The number of ether oxygens (including phenoxy) is 2. The fourth-order valence-electron chi connectivity index (χ4n) is 4.68. The molecule has 20 heavy (non-hydrogen) atoms. The number of fused-ring (bicyclic) bond motifs is 2. The number of rotatable bonds is 0. The van der Waals surface area contributed by atoms with Crippen molar-refractivity contribution in [2.75, 3.05) is 0 Å². The smallest absolute Gasteiger partial charge is 0.334 e. The van der Waals surface area contributed by atoms with Gasteiger partial charge in [0.25, 0.3) is 0 Å². The SMILES string of the molecule is C=C1C(=O)O[C@H]2C1[C@@H](O)C[C@@]1(C)O[C@]13[C@H](O)C=C(C)[C@H]23. The van der Waals surface area contributed by atoms with E-state index in [0.717, 1.165) is 5.57 Å². The molecule has 2 N–H and O–H groups in total. The number of epoxide rings is 1. The highest BCUT2D eigenvalue weighted by Gasteiger charge is 2.80. The molecule has 5 heteroatoms. The van der Waals surface area contributed by atoms with Crippen LogP contribution in [0.3, 0.4) is 0 Å². The summed E-state index contributed by atoms with van der Waals surface area (Å²) in [5.41, 5.74) is -0.0611. The third kappa shape index (κ3) is 1.14. The van der Waals surface area contributed by atoms with E-state index in [1.54, 1.807) is 6.08 Å². The zero-order valence-corrected chi connectivity index (χ0v) is 11.5. The third-order valence-corrected chi connectivity index (χ3v) is 5.60. The average Bonchev–Trinajstić information content (AvgIpc) is 2.73. The summed E-state index contributed by atoms with van der Waals surface area (Å²) in [7, 11) is 0. The third-order valence-electron chi connectivity index (χ3n) is 5.60. The Kier molecular flexibility index (Phi) is 2.10. The maximum absolute atomic E-state index is 11.8. The van der Waals surface area contributed by atoms with Crippen molar-refractivity contribution in [1.82, 2.24) is 0 Å². The molecule has 2 saturated heterocycles. The predicted molar refractivity (Wildman–Crippen MR) is 68.6 cm³/mol. The molecule has 2 aliphatic carbocycles. The largest absolute Gasteiger partial charge is 0.457 e. The lowest BCUT2D eigenvalue weighted by Crippen LogP contribution is -2.43. The van der Waals surface area contributed by atoms with Crippen LogP contribution in [0.2, 0.25) is 0 Å². The van der Waals surface area contributed by atoms with Crippen LogP contribution in [-0.4, -0.2) is 45.7 Å². The lowest BCUT2D eigenvalue weighted by molar-refractivity contribution is -0.142. The highest BCUT2D eigenvalue weighted by molar-refractivity contribution is 5.91. The summed E-state index contributed by atoms with van der Waals surface area (Å²) in [6.45, 7) is 7.59. The number of hydrogen-bond acceptors (Lipinski definition) is 5. The first-order valence-corrected chi connectivity index (χ1v) is 6.96. The van der Waals surface area contributed by atoms with E-state index >= 15 is 0 Å². The second-order valence-electron chi connectivity index (χ2n) is 6.65. The van der Waals surface area contributed by atoms with Gasteiger partial charge in [0.1, 0.15) is 23.4 Å². The van der Waals surface area contributed by atoms with Crippen LogP contribution in [0.1, 0.15) is 20.3 Å². The molecule has 1 unspecified atom stereocenters. The molecule has 108 valence electrons. The van der Waals surface area contributed by atoms with Gasteiger partial charge in [0.15, 0.2) is 0 Å². The lowest BCUT2D eigenvalue weighted by atomic mass is 9.77. The van der Waals surface area contributed by atoms with Crippen LogP contribution in [0.4, 0.5) is 0 Å². The standard InChI is InChI=1S/C15H18O5/c1-6-4-9(17)15-11(6)12-10(7(2)13(18)19-12)8(16)5-14(15,3)20-15/h4,8-12,16-17H,2,5H2,1,3H3/t8-,9+,10?,11+,12-,14+,15-/m0/s1. The fraction of sp³-hybridized carbons (Fsp3) is 0.667. The van der Waals surface area contributed by atoms with Crippen LogP contribution in [-0.2, 0) is 14.3 Å². The summed E-state index contributed by atoms with van der Waals surface area (Å²) in [6.07, 6.45) is 0.186. The second kappa shape index (κ2) is 3.35. The van der Waals surface area contributed by atoms with Crippen molar-refractivity contribution in [1.29, 1.82) is 0 Å². The molecule has 0 radical (unpaired) electrons. The average molecular weight is 278 g/mol. The normalized spacial score (nSPS) is 56.4. The zero-order valence-electron chi connectivity index (χ0n) is 11.5. The Bertz CT molecular complexity index is 567. The predicted octanol–water partition coefficient (Wildman–Crippen LogP) is 0.313. The monoisotopic (exact) mass is 278 g/mol. The summed E-state index contributed by atoms with van der Waals surface area (Å²) < 4.78 is 11.4. The topological polar surface area (TPSA) is 79.3 Å².